The van der Waals surface area contributed by atoms with Gasteiger partial charge in [0.1, 0.15) is 12.0 Å². The summed E-state index contributed by atoms with van der Waals surface area (Å²) in [6, 6.07) is 0.668. The Labute approximate surface area is 89.9 Å². The summed E-state index contributed by atoms with van der Waals surface area (Å²) in [6.07, 6.45) is 7.89. The SMILES string of the molecule is OCc1coc(N2CCCCCCC2)n1. The number of nitrogens with zero attached hydrogens (tertiary/aromatic N) is 2. The number of aliphatic hydroxyl groups is 1. The van der Waals surface area contributed by atoms with Crippen LogP contribution in [-0.2, 0) is 6.61 Å². The van der Waals surface area contributed by atoms with Gasteiger partial charge in [0, 0.05) is 13.1 Å². The largest absolute Gasteiger partial charge is 0.432 e. The Hall–Kier alpha value is -1.03. The fourth-order valence-corrected chi connectivity index (χ4v) is 1.95. The van der Waals surface area contributed by atoms with Crippen LogP contribution in [0.2, 0.25) is 0 Å². The first-order chi connectivity index (χ1) is 7.40. The van der Waals surface area contributed by atoms with E-state index < -0.39 is 0 Å². The Balaban J connectivity index is 2.00. The van der Waals surface area contributed by atoms with E-state index in [9.17, 15) is 0 Å². The van der Waals surface area contributed by atoms with Crippen LogP contribution in [0.4, 0.5) is 6.01 Å². The van der Waals surface area contributed by atoms with Crippen LogP contribution in [-0.4, -0.2) is 23.2 Å². The highest BCUT2D eigenvalue weighted by Crippen LogP contribution is 2.18. The second-order valence-electron chi connectivity index (χ2n) is 4.03. The predicted octanol–water partition coefficient (Wildman–Crippen LogP) is 1.94. The van der Waals surface area contributed by atoms with Crippen LogP contribution in [0.5, 0.6) is 0 Å². The lowest BCUT2D eigenvalue weighted by Gasteiger charge is -2.22. The van der Waals surface area contributed by atoms with E-state index >= 15 is 0 Å². The lowest BCUT2D eigenvalue weighted by Crippen LogP contribution is -2.27. The summed E-state index contributed by atoms with van der Waals surface area (Å²) in [4.78, 5) is 6.41. The fraction of sp³-hybridized carbons (Fsp3) is 0.727. The van der Waals surface area contributed by atoms with Gasteiger partial charge in [0.15, 0.2) is 0 Å². The highest BCUT2D eigenvalue weighted by molar-refractivity contribution is 5.26. The zero-order chi connectivity index (χ0) is 10.5. The quantitative estimate of drug-likeness (QED) is 0.810. The minimum Gasteiger partial charge on any atom is -0.432 e. The Morgan fingerprint density at radius 1 is 1.20 bits per heavy atom. The van der Waals surface area contributed by atoms with E-state index in [0.717, 1.165) is 13.1 Å². The number of rotatable bonds is 2. The highest BCUT2D eigenvalue weighted by atomic mass is 16.4. The molecule has 2 rings (SSSR count). The van der Waals surface area contributed by atoms with Crippen molar-refractivity contribution in [1.29, 1.82) is 0 Å². The van der Waals surface area contributed by atoms with Crippen LogP contribution < -0.4 is 4.90 Å². The van der Waals surface area contributed by atoms with Gasteiger partial charge in [0.2, 0.25) is 0 Å². The average molecular weight is 210 g/mol. The van der Waals surface area contributed by atoms with Crippen molar-refractivity contribution in [1.82, 2.24) is 4.98 Å². The van der Waals surface area contributed by atoms with Gasteiger partial charge in [-0.05, 0) is 12.8 Å². The molecule has 4 nitrogen and oxygen atoms in total. The number of aliphatic hydroxyl groups excluding tert-OH is 1. The van der Waals surface area contributed by atoms with Crippen molar-refractivity contribution in [3.05, 3.63) is 12.0 Å². The van der Waals surface area contributed by atoms with Gasteiger partial charge in [0.25, 0.3) is 6.01 Å². The number of oxazole rings is 1. The molecule has 1 aromatic heterocycles. The molecule has 1 aromatic rings. The van der Waals surface area contributed by atoms with Crippen LogP contribution >= 0.6 is 0 Å². The van der Waals surface area contributed by atoms with E-state index in [0.29, 0.717) is 11.7 Å². The van der Waals surface area contributed by atoms with Crippen LogP contribution in [0.1, 0.15) is 37.8 Å². The molecule has 1 N–H and O–H groups in total. The molecule has 0 bridgehead atoms. The second-order valence-corrected chi connectivity index (χ2v) is 4.03. The van der Waals surface area contributed by atoms with Crippen LogP contribution in [0, 0.1) is 0 Å². The molecular formula is C11H18N2O2. The first-order valence-electron chi connectivity index (χ1n) is 5.70. The smallest absolute Gasteiger partial charge is 0.297 e. The summed E-state index contributed by atoms with van der Waals surface area (Å²) >= 11 is 0. The lowest BCUT2D eigenvalue weighted by molar-refractivity contribution is 0.276. The molecule has 2 heterocycles. The molecule has 0 aromatic carbocycles. The second kappa shape index (κ2) is 5.16. The Morgan fingerprint density at radius 3 is 2.47 bits per heavy atom. The van der Waals surface area contributed by atoms with Crippen molar-refractivity contribution in [2.45, 2.75) is 38.7 Å². The van der Waals surface area contributed by atoms with Crippen LogP contribution in [0.15, 0.2) is 10.7 Å². The molecule has 1 aliphatic rings. The molecule has 1 saturated heterocycles. The highest BCUT2D eigenvalue weighted by Gasteiger charge is 2.13. The summed E-state index contributed by atoms with van der Waals surface area (Å²) in [7, 11) is 0. The Morgan fingerprint density at radius 2 is 1.87 bits per heavy atom. The molecule has 0 atom stereocenters. The molecule has 0 radical (unpaired) electrons. The molecule has 0 amide bonds. The normalized spacial score (nSPS) is 18.6. The van der Waals surface area contributed by atoms with E-state index in [4.69, 9.17) is 9.52 Å². The number of hydrogen-bond acceptors (Lipinski definition) is 4. The summed E-state index contributed by atoms with van der Waals surface area (Å²) in [6.45, 7) is 1.99. The van der Waals surface area contributed by atoms with Crippen LogP contribution in [0.3, 0.4) is 0 Å². The van der Waals surface area contributed by atoms with Crippen LogP contribution in [0.25, 0.3) is 0 Å². The molecule has 4 heteroatoms. The predicted molar refractivity (Wildman–Crippen MR) is 57.7 cm³/mol. The Kier molecular flexibility index (Phi) is 3.61. The zero-order valence-electron chi connectivity index (χ0n) is 8.98. The summed E-state index contributed by atoms with van der Waals surface area (Å²) in [5.74, 6) is 0. The molecule has 0 saturated carbocycles. The number of anilines is 1. The van der Waals surface area contributed by atoms with Gasteiger partial charge >= 0.3 is 0 Å². The Bertz CT molecular complexity index is 291. The van der Waals surface area contributed by atoms with Gasteiger partial charge in [-0.1, -0.05) is 19.3 Å². The van der Waals surface area contributed by atoms with Crippen molar-refractivity contribution in [2.75, 3.05) is 18.0 Å². The summed E-state index contributed by atoms with van der Waals surface area (Å²) in [5.41, 5.74) is 0.618. The molecule has 84 valence electrons. The maximum atomic E-state index is 8.91. The van der Waals surface area contributed by atoms with Crippen molar-refractivity contribution >= 4 is 6.01 Å². The first-order valence-corrected chi connectivity index (χ1v) is 5.70. The van der Waals surface area contributed by atoms with E-state index in [1.54, 1.807) is 0 Å². The molecule has 1 aliphatic heterocycles. The first kappa shape index (κ1) is 10.5. The monoisotopic (exact) mass is 210 g/mol. The summed E-state index contributed by atoms with van der Waals surface area (Å²) in [5, 5.41) is 8.91. The van der Waals surface area contributed by atoms with Gasteiger partial charge in [-0.15, -0.1) is 0 Å². The minimum absolute atomic E-state index is 0.0443. The lowest BCUT2D eigenvalue weighted by atomic mass is 10.1. The fourth-order valence-electron chi connectivity index (χ4n) is 1.95. The van der Waals surface area contributed by atoms with Gasteiger partial charge in [-0.2, -0.15) is 4.98 Å². The molecular weight excluding hydrogens is 192 g/mol. The topological polar surface area (TPSA) is 49.5 Å². The molecule has 15 heavy (non-hydrogen) atoms. The number of hydrogen-bond donors (Lipinski definition) is 1. The summed E-state index contributed by atoms with van der Waals surface area (Å²) < 4.78 is 5.35. The third-order valence-corrected chi connectivity index (χ3v) is 2.83. The van der Waals surface area contributed by atoms with Crippen molar-refractivity contribution in [3.63, 3.8) is 0 Å². The number of aromatic nitrogens is 1. The average Bonchev–Trinajstić information content (AvgIpc) is 2.65. The van der Waals surface area contributed by atoms with Gasteiger partial charge in [0.05, 0.1) is 6.61 Å². The molecule has 0 aliphatic carbocycles. The standard InChI is InChI=1S/C11H18N2O2/c14-8-10-9-15-11(12-10)13-6-4-2-1-3-5-7-13/h9,14H,1-8H2. The molecule has 0 spiro atoms. The van der Waals surface area contributed by atoms with E-state index in [1.165, 1.54) is 38.4 Å². The van der Waals surface area contributed by atoms with Crippen molar-refractivity contribution < 1.29 is 9.52 Å². The van der Waals surface area contributed by atoms with Crippen molar-refractivity contribution in [2.24, 2.45) is 0 Å². The minimum atomic E-state index is -0.0443. The third-order valence-electron chi connectivity index (χ3n) is 2.83. The third kappa shape index (κ3) is 2.72. The van der Waals surface area contributed by atoms with E-state index in [-0.39, 0.29) is 6.61 Å². The van der Waals surface area contributed by atoms with E-state index in [1.807, 2.05) is 0 Å². The molecule has 0 unspecified atom stereocenters. The molecule has 1 fully saturated rings. The van der Waals surface area contributed by atoms with Crippen molar-refractivity contribution in [3.8, 4) is 0 Å². The van der Waals surface area contributed by atoms with Gasteiger partial charge in [-0.25, -0.2) is 0 Å². The maximum Gasteiger partial charge on any atom is 0.297 e. The van der Waals surface area contributed by atoms with Gasteiger partial charge < -0.3 is 14.4 Å². The van der Waals surface area contributed by atoms with E-state index in [2.05, 4.69) is 9.88 Å². The maximum absolute atomic E-state index is 8.91. The zero-order valence-corrected chi connectivity index (χ0v) is 8.98. The van der Waals surface area contributed by atoms with Gasteiger partial charge in [-0.3, -0.25) is 0 Å².